The number of nitrogens with one attached hydrogen (secondary N) is 1. The molecular weight excluding hydrogens is 392 g/mol. The second-order valence-electron chi connectivity index (χ2n) is 7.55. The first-order valence-electron chi connectivity index (χ1n) is 10.5. The molecule has 31 heavy (non-hydrogen) atoms. The van der Waals surface area contributed by atoms with E-state index in [4.69, 9.17) is 14.7 Å². The van der Waals surface area contributed by atoms with Gasteiger partial charge in [0.2, 0.25) is 5.95 Å². The van der Waals surface area contributed by atoms with Crippen molar-refractivity contribution in [3.05, 3.63) is 59.9 Å². The number of amides is 1. The molecule has 158 valence electrons. The Balaban J connectivity index is 1.64. The molecule has 2 aliphatic heterocycles. The van der Waals surface area contributed by atoms with E-state index < -0.39 is 0 Å². The third kappa shape index (κ3) is 3.70. The minimum absolute atomic E-state index is 0.113. The highest BCUT2D eigenvalue weighted by Crippen LogP contribution is 2.39. The molecule has 1 amide bonds. The Morgan fingerprint density at radius 1 is 1.10 bits per heavy atom. The molecule has 1 saturated heterocycles. The number of hydrogen-bond donors (Lipinski definition) is 1. The summed E-state index contributed by atoms with van der Waals surface area (Å²) in [4.78, 5) is 30.8. The van der Waals surface area contributed by atoms with Gasteiger partial charge in [-0.1, -0.05) is 12.1 Å². The minimum Gasteiger partial charge on any atom is -0.378 e. The molecule has 8 heteroatoms. The van der Waals surface area contributed by atoms with E-state index >= 15 is 0 Å². The topological polar surface area (TPSA) is 83.5 Å². The smallest absolute Gasteiger partial charge is 0.251 e. The number of aromatic nitrogens is 3. The van der Waals surface area contributed by atoms with Gasteiger partial charge in [0.25, 0.3) is 5.91 Å². The van der Waals surface area contributed by atoms with E-state index in [0.29, 0.717) is 24.7 Å². The Bertz CT molecular complexity index is 1100. The lowest BCUT2D eigenvalue weighted by atomic mass is 10.0. The van der Waals surface area contributed by atoms with Crippen LogP contribution >= 0.6 is 0 Å². The standard InChI is InChI=1S/C23H24N6O2/c1-24-22(30)17-5-2-4-16(14-17)20-19-7-9-29(18-6-3-8-25-15-18)21(19)27-23(26-20)28-10-12-31-13-11-28/h2-6,8,14-15H,7,9-13H2,1H3,(H,24,30). The van der Waals surface area contributed by atoms with Gasteiger partial charge >= 0.3 is 0 Å². The fraction of sp³-hybridized carbons (Fsp3) is 0.304. The van der Waals surface area contributed by atoms with Crippen molar-refractivity contribution in [2.24, 2.45) is 0 Å². The van der Waals surface area contributed by atoms with Crippen molar-refractivity contribution in [3.8, 4) is 11.3 Å². The van der Waals surface area contributed by atoms with Gasteiger partial charge in [0.1, 0.15) is 5.82 Å². The van der Waals surface area contributed by atoms with E-state index in [0.717, 1.165) is 54.4 Å². The number of rotatable bonds is 4. The molecule has 0 aliphatic carbocycles. The number of benzene rings is 1. The van der Waals surface area contributed by atoms with Crippen LogP contribution in [0.3, 0.4) is 0 Å². The number of morpholine rings is 1. The van der Waals surface area contributed by atoms with Gasteiger partial charge in [-0.3, -0.25) is 9.78 Å². The summed E-state index contributed by atoms with van der Waals surface area (Å²) in [5.41, 5.74) is 4.51. The van der Waals surface area contributed by atoms with Gasteiger partial charge in [0, 0.05) is 49.6 Å². The number of ether oxygens (including phenoxy) is 1. The molecule has 0 atom stereocenters. The Morgan fingerprint density at radius 3 is 2.74 bits per heavy atom. The van der Waals surface area contributed by atoms with Crippen molar-refractivity contribution in [1.82, 2.24) is 20.3 Å². The second-order valence-corrected chi connectivity index (χ2v) is 7.55. The maximum Gasteiger partial charge on any atom is 0.251 e. The van der Waals surface area contributed by atoms with Crippen LogP contribution in [0.5, 0.6) is 0 Å². The summed E-state index contributed by atoms with van der Waals surface area (Å²) >= 11 is 0. The predicted octanol–water partition coefficient (Wildman–Crippen LogP) is 2.43. The van der Waals surface area contributed by atoms with Gasteiger partial charge in [0.15, 0.2) is 0 Å². The summed E-state index contributed by atoms with van der Waals surface area (Å²) in [6, 6.07) is 11.6. The summed E-state index contributed by atoms with van der Waals surface area (Å²) in [5.74, 6) is 1.49. The molecule has 0 spiro atoms. The van der Waals surface area contributed by atoms with E-state index in [1.165, 1.54) is 0 Å². The average molecular weight is 416 g/mol. The summed E-state index contributed by atoms with van der Waals surface area (Å²) in [6.07, 6.45) is 4.46. The zero-order valence-electron chi connectivity index (χ0n) is 17.4. The average Bonchev–Trinajstić information content (AvgIpc) is 3.28. The molecule has 0 saturated carbocycles. The third-order valence-corrected chi connectivity index (χ3v) is 5.69. The molecule has 1 fully saturated rings. The maximum atomic E-state index is 12.2. The molecule has 5 rings (SSSR count). The Kier molecular flexibility index (Phi) is 5.21. The Hall–Kier alpha value is -3.52. The molecule has 0 radical (unpaired) electrons. The van der Waals surface area contributed by atoms with E-state index in [1.807, 2.05) is 42.6 Å². The number of anilines is 3. The lowest BCUT2D eigenvalue weighted by Crippen LogP contribution is -2.37. The third-order valence-electron chi connectivity index (χ3n) is 5.69. The molecule has 2 aromatic heterocycles. The molecule has 1 aromatic carbocycles. The van der Waals surface area contributed by atoms with Gasteiger partial charge in [-0.05, 0) is 30.7 Å². The quantitative estimate of drug-likeness (QED) is 0.699. The molecule has 0 bridgehead atoms. The molecule has 3 aromatic rings. The highest BCUT2D eigenvalue weighted by Gasteiger charge is 2.29. The lowest BCUT2D eigenvalue weighted by molar-refractivity contribution is 0.0963. The van der Waals surface area contributed by atoms with Crippen LogP contribution in [0.15, 0.2) is 48.8 Å². The normalized spacial score (nSPS) is 15.6. The largest absolute Gasteiger partial charge is 0.378 e. The second kappa shape index (κ2) is 8.31. The first kappa shape index (κ1) is 19.4. The van der Waals surface area contributed by atoms with Crippen molar-refractivity contribution < 1.29 is 9.53 Å². The molecule has 1 N–H and O–H groups in total. The number of nitrogens with zero attached hydrogens (tertiary/aromatic N) is 5. The van der Waals surface area contributed by atoms with Crippen LogP contribution in [0.25, 0.3) is 11.3 Å². The highest BCUT2D eigenvalue weighted by molar-refractivity contribution is 5.95. The fourth-order valence-corrected chi connectivity index (χ4v) is 4.10. The number of hydrogen-bond acceptors (Lipinski definition) is 7. The van der Waals surface area contributed by atoms with Crippen LogP contribution in [0.1, 0.15) is 15.9 Å². The Labute approximate surface area is 180 Å². The van der Waals surface area contributed by atoms with E-state index in [9.17, 15) is 4.79 Å². The van der Waals surface area contributed by atoms with Crippen molar-refractivity contribution in [3.63, 3.8) is 0 Å². The molecule has 8 nitrogen and oxygen atoms in total. The molecular formula is C23H24N6O2. The van der Waals surface area contributed by atoms with Gasteiger partial charge in [-0.25, -0.2) is 4.98 Å². The van der Waals surface area contributed by atoms with Gasteiger partial charge < -0.3 is 19.9 Å². The van der Waals surface area contributed by atoms with E-state index in [2.05, 4.69) is 20.1 Å². The molecule has 4 heterocycles. The summed E-state index contributed by atoms with van der Waals surface area (Å²) in [5, 5.41) is 2.69. The zero-order chi connectivity index (χ0) is 21.2. The number of carbonyl (C=O) groups is 1. The van der Waals surface area contributed by atoms with Crippen LogP contribution in [0.4, 0.5) is 17.5 Å². The van der Waals surface area contributed by atoms with Crippen molar-refractivity contribution in [2.75, 3.05) is 49.7 Å². The SMILES string of the molecule is CNC(=O)c1cccc(-c2nc(N3CCOCC3)nc3c2CCN3c2cccnc2)c1. The lowest BCUT2D eigenvalue weighted by Gasteiger charge is -2.28. The molecule has 0 unspecified atom stereocenters. The number of carbonyl (C=O) groups excluding carboxylic acids is 1. The number of pyridine rings is 1. The maximum absolute atomic E-state index is 12.2. The first-order chi connectivity index (χ1) is 15.2. The fourth-order valence-electron chi connectivity index (χ4n) is 4.10. The van der Waals surface area contributed by atoms with Crippen LogP contribution in [-0.4, -0.2) is 60.8 Å². The van der Waals surface area contributed by atoms with Gasteiger partial charge in [-0.2, -0.15) is 4.98 Å². The molecule has 2 aliphatic rings. The van der Waals surface area contributed by atoms with Crippen LogP contribution in [-0.2, 0) is 11.2 Å². The monoisotopic (exact) mass is 416 g/mol. The van der Waals surface area contributed by atoms with Crippen molar-refractivity contribution in [1.29, 1.82) is 0 Å². The van der Waals surface area contributed by atoms with Crippen LogP contribution < -0.4 is 15.1 Å². The van der Waals surface area contributed by atoms with E-state index in [1.54, 1.807) is 13.2 Å². The van der Waals surface area contributed by atoms with Crippen molar-refractivity contribution in [2.45, 2.75) is 6.42 Å². The minimum atomic E-state index is -0.113. The van der Waals surface area contributed by atoms with Crippen molar-refractivity contribution >= 4 is 23.4 Å². The summed E-state index contributed by atoms with van der Waals surface area (Å²) in [7, 11) is 1.64. The van der Waals surface area contributed by atoms with E-state index in [-0.39, 0.29) is 5.91 Å². The zero-order valence-corrected chi connectivity index (χ0v) is 17.4. The summed E-state index contributed by atoms with van der Waals surface area (Å²) in [6.45, 7) is 3.64. The van der Waals surface area contributed by atoms with Crippen LogP contribution in [0, 0.1) is 0 Å². The van der Waals surface area contributed by atoms with Gasteiger partial charge in [0.05, 0.1) is 30.8 Å². The predicted molar refractivity (Wildman–Crippen MR) is 119 cm³/mol. The first-order valence-corrected chi connectivity index (χ1v) is 10.5. The summed E-state index contributed by atoms with van der Waals surface area (Å²) < 4.78 is 5.51. The van der Waals surface area contributed by atoms with Gasteiger partial charge in [-0.15, -0.1) is 0 Å². The Morgan fingerprint density at radius 2 is 1.97 bits per heavy atom. The number of fused-ring (bicyclic) bond motifs is 1. The highest BCUT2D eigenvalue weighted by atomic mass is 16.5. The van der Waals surface area contributed by atoms with Crippen LogP contribution in [0.2, 0.25) is 0 Å².